The molecular weight excluding hydrogens is 290 g/mol. The molecule has 2 aromatic rings. The van der Waals surface area contributed by atoms with Gasteiger partial charge in [0.2, 0.25) is 11.6 Å². The van der Waals surface area contributed by atoms with Crippen molar-refractivity contribution in [3.05, 3.63) is 57.8 Å². The van der Waals surface area contributed by atoms with Gasteiger partial charge < -0.3 is 9.84 Å². The number of aromatic nitrogens is 1. The van der Waals surface area contributed by atoms with Gasteiger partial charge in [-0.3, -0.25) is 10.1 Å². The first kappa shape index (κ1) is 14.3. The van der Waals surface area contributed by atoms with Gasteiger partial charge >= 0.3 is 11.7 Å². The van der Waals surface area contributed by atoms with Crippen LogP contribution in [0.25, 0.3) is 0 Å². The maximum atomic E-state index is 13.6. The normalized spacial score (nSPS) is 10.2. The molecule has 21 heavy (non-hydrogen) atoms. The summed E-state index contributed by atoms with van der Waals surface area (Å²) in [5.74, 6) is -5.05. The van der Waals surface area contributed by atoms with Gasteiger partial charge in [-0.15, -0.1) is 0 Å². The number of carboxylic acids is 1. The Labute approximate surface area is 115 Å². The van der Waals surface area contributed by atoms with Crippen molar-refractivity contribution in [2.24, 2.45) is 0 Å². The summed E-state index contributed by atoms with van der Waals surface area (Å²) in [7, 11) is 0. The monoisotopic (exact) mass is 296 g/mol. The van der Waals surface area contributed by atoms with Crippen LogP contribution in [0.1, 0.15) is 10.4 Å². The largest absolute Gasteiger partial charge is 0.477 e. The molecule has 2 rings (SSSR count). The lowest BCUT2D eigenvalue weighted by Crippen LogP contribution is -2.04. The molecule has 0 aliphatic heterocycles. The van der Waals surface area contributed by atoms with E-state index in [0.29, 0.717) is 12.3 Å². The number of ether oxygens (including phenoxy) is 1. The number of pyridine rings is 1. The number of rotatable bonds is 4. The minimum atomic E-state index is -1.57. The lowest BCUT2D eigenvalue weighted by atomic mass is 10.2. The number of carboxylic acid groups (broad SMARTS) is 1. The van der Waals surface area contributed by atoms with Crippen molar-refractivity contribution in [1.82, 2.24) is 4.98 Å². The van der Waals surface area contributed by atoms with E-state index in [1.54, 1.807) is 0 Å². The zero-order valence-electron chi connectivity index (χ0n) is 10.1. The lowest BCUT2D eigenvalue weighted by Gasteiger charge is -2.08. The molecule has 1 heterocycles. The van der Waals surface area contributed by atoms with Crippen LogP contribution in [0.15, 0.2) is 30.5 Å². The SMILES string of the molecule is O=C(O)c1cc(F)cnc1Oc1c(F)cccc1[N+](=O)[O-]. The molecule has 0 aliphatic carbocycles. The molecule has 7 nitrogen and oxygen atoms in total. The van der Waals surface area contributed by atoms with Crippen LogP contribution in [0.3, 0.4) is 0 Å². The second-order valence-electron chi connectivity index (χ2n) is 3.76. The molecule has 0 atom stereocenters. The van der Waals surface area contributed by atoms with Gasteiger partial charge in [-0.25, -0.2) is 18.6 Å². The molecule has 1 aromatic heterocycles. The van der Waals surface area contributed by atoms with E-state index in [1.807, 2.05) is 0 Å². The van der Waals surface area contributed by atoms with Crippen molar-refractivity contribution in [2.45, 2.75) is 0 Å². The van der Waals surface area contributed by atoms with Gasteiger partial charge in [0.15, 0.2) is 5.82 Å². The maximum absolute atomic E-state index is 13.6. The number of nitrogens with zero attached hydrogens (tertiary/aromatic N) is 2. The van der Waals surface area contributed by atoms with Gasteiger partial charge in [0.05, 0.1) is 11.1 Å². The Hall–Kier alpha value is -3.10. The number of hydrogen-bond acceptors (Lipinski definition) is 5. The van der Waals surface area contributed by atoms with E-state index in [-0.39, 0.29) is 0 Å². The molecular formula is C12H6F2N2O5. The average Bonchev–Trinajstić information content (AvgIpc) is 2.42. The first-order valence-electron chi connectivity index (χ1n) is 5.39. The molecule has 1 aromatic carbocycles. The molecule has 0 saturated carbocycles. The molecule has 0 amide bonds. The topological polar surface area (TPSA) is 103 Å². The molecule has 0 fully saturated rings. The summed E-state index contributed by atoms with van der Waals surface area (Å²) in [5.41, 5.74) is -1.40. The summed E-state index contributed by atoms with van der Waals surface area (Å²) in [6.07, 6.45) is 0.647. The summed E-state index contributed by atoms with van der Waals surface area (Å²) in [6, 6.07) is 3.57. The highest BCUT2D eigenvalue weighted by Gasteiger charge is 2.23. The molecule has 0 bridgehead atoms. The van der Waals surface area contributed by atoms with Gasteiger partial charge in [-0.2, -0.15) is 0 Å². The molecule has 0 aliphatic rings. The van der Waals surface area contributed by atoms with Crippen LogP contribution in [-0.4, -0.2) is 21.0 Å². The predicted octanol–water partition coefficient (Wildman–Crippen LogP) is 2.76. The number of para-hydroxylation sites is 1. The lowest BCUT2D eigenvalue weighted by molar-refractivity contribution is -0.385. The summed E-state index contributed by atoms with van der Waals surface area (Å²) in [6.45, 7) is 0. The highest BCUT2D eigenvalue weighted by Crippen LogP contribution is 2.34. The molecule has 9 heteroatoms. The Balaban J connectivity index is 2.53. The second kappa shape index (κ2) is 5.49. The maximum Gasteiger partial charge on any atom is 0.341 e. The quantitative estimate of drug-likeness (QED) is 0.687. The van der Waals surface area contributed by atoms with E-state index in [2.05, 4.69) is 4.98 Å². The number of nitro groups is 1. The van der Waals surface area contributed by atoms with E-state index in [0.717, 1.165) is 18.2 Å². The van der Waals surface area contributed by atoms with Gasteiger partial charge in [0, 0.05) is 6.07 Å². The summed E-state index contributed by atoms with van der Waals surface area (Å²) >= 11 is 0. The first-order valence-corrected chi connectivity index (χ1v) is 5.39. The van der Waals surface area contributed by atoms with Crippen molar-refractivity contribution < 1.29 is 28.3 Å². The fraction of sp³-hybridized carbons (Fsp3) is 0. The first-order chi connectivity index (χ1) is 9.90. The summed E-state index contributed by atoms with van der Waals surface area (Å²) in [5, 5.41) is 19.7. The third-order valence-electron chi connectivity index (χ3n) is 2.39. The van der Waals surface area contributed by atoms with Gasteiger partial charge in [-0.05, 0) is 12.1 Å². The zero-order chi connectivity index (χ0) is 15.6. The van der Waals surface area contributed by atoms with Crippen molar-refractivity contribution in [1.29, 1.82) is 0 Å². The highest BCUT2D eigenvalue weighted by molar-refractivity contribution is 5.90. The molecule has 1 N–H and O–H groups in total. The number of hydrogen-bond donors (Lipinski definition) is 1. The van der Waals surface area contributed by atoms with Crippen molar-refractivity contribution in [3.8, 4) is 11.6 Å². The van der Waals surface area contributed by atoms with E-state index in [9.17, 15) is 23.7 Å². The van der Waals surface area contributed by atoms with Crippen LogP contribution in [0.5, 0.6) is 11.6 Å². The summed E-state index contributed by atoms with van der Waals surface area (Å²) in [4.78, 5) is 24.2. The smallest absolute Gasteiger partial charge is 0.341 e. The summed E-state index contributed by atoms with van der Waals surface area (Å²) < 4.78 is 31.5. The van der Waals surface area contributed by atoms with Crippen LogP contribution >= 0.6 is 0 Å². The van der Waals surface area contributed by atoms with E-state index < -0.39 is 45.4 Å². The predicted molar refractivity (Wildman–Crippen MR) is 64.3 cm³/mol. The second-order valence-corrected chi connectivity index (χ2v) is 3.76. The third kappa shape index (κ3) is 2.91. The van der Waals surface area contributed by atoms with Gasteiger partial charge in [0.1, 0.15) is 11.4 Å². The Morgan fingerprint density at radius 3 is 2.71 bits per heavy atom. The molecule has 0 spiro atoms. The van der Waals surface area contributed by atoms with Crippen LogP contribution in [0, 0.1) is 21.7 Å². The highest BCUT2D eigenvalue weighted by atomic mass is 19.1. The number of halogens is 2. The van der Waals surface area contributed by atoms with Crippen LogP contribution in [0.2, 0.25) is 0 Å². The zero-order valence-corrected chi connectivity index (χ0v) is 10.1. The fourth-order valence-corrected chi connectivity index (χ4v) is 1.50. The number of benzene rings is 1. The molecule has 0 saturated heterocycles. The third-order valence-corrected chi connectivity index (χ3v) is 2.39. The number of aromatic carboxylic acids is 1. The Kier molecular flexibility index (Phi) is 3.74. The van der Waals surface area contributed by atoms with Crippen molar-refractivity contribution in [2.75, 3.05) is 0 Å². The standard InChI is InChI=1S/C12H6F2N2O5/c13-6-4-7(12(17)18)11(15-5-6)21-10-8(14)2-1-3-9(10)16(19)20/h1-5H,(H,17,18). The molecule has 108 valence electrons. The Bertz CT molecular complexity index is 736. The van der Waals surface area contributed by atoms with Crippen molar-refractivity contribution >= 4 is 11.7 Å². The minimum absolute atomic E-state index is 0.608. The minimum Gasteiger partial charge on any atom is -0.477 e. The average molecular weight is 296 g/mol. The number of nitro benzene ring substituents is 1. The fourth-order valence-electron chi connectivity index (χ4n) is 1.50. The van der Waals surface area contributed by atoms with Gasteiger partial charge in [-0.1, -0.05) is 6.07 Å². The Morgan fingerprint density at radius 1 is 1.38 bits per heavy atom. The van der Waals surface area contributed by atoms with E-state index >= 15 is 0 Å². The van der Waals surface area contributed by atoms with Crippen LogP contribution < -0.4 is 4.74 Å². The Morgan fingerprint density at radius 2 is 2.10 bits per heavy atom. The van der Waals surface area contributed by atoms with Crippen LogP contribution in [-0.2, 0) is 0 Å². The van der Waals surface area contributed by atoms with E-state index in [4.69, 9.17) is 9.84 Å². The van der Waals surface area contributed by atoms with E-state index in [1.165, 1.54) is 0 Å². The van der Waals surface area contributed by atoms with Crippen molar-refractivity contribution in [3.63, 3.8) is 0 Å². The molecule has 0 radical (unpaired) electrons. The van der Waals surface area contributed by atoms with Crippen LogP contribution in [0.4, 0.5) is 14.5 Å². The molecule has 0 unspecified atom stereocenters. The van der Waals surface area contributed by atoms with Gasteiger partial charge in [0.25, 0.3) is 0 Å². The number of carbonyl (C=O) groups is 1.